The molecule has 0 aliphatic carbocycles. The lowest BCUT2D eigenvalue weighted by molar-refractivity contribution is -0.137. The van der Waals surface area contributed by atoms with Crippen LogP contribution in [-0.4, -0.2) is 11.8 Å². The average Bonchev–Trinajstić information content (AvgIpc) is 2.61. The molecule has 3 nitrogen and oxygen atoms in total. The molecule has 1 N–H and O–H groups in total. The predicted octanol–water partition coefficient (Wildman–Crippen LogP) is 3.16. The van der Waals surface area contributed by atoms with Crippen molar-refractivity contribution in [3.63, 3.8) is 0 Å². The summed E-state index contributed by atoms with van der Waals surface area (Å²) in [7, 11) is 0. The Bertz CT molecular complexity index is 504. The topological polar surface area (TPSA) is 46.2 Å². The van der Waals surface area contributed by atoms with Gasteiger partial charge in [0, 0.05) is 28.0 Å². The van der Waals surface area contributed by atoms with E-state index >= 15 is 0 Å². The first-order valence-electron chi connectivity index (χ1n) is 6.79. The van der Waals surface area contributed by atoms with Crippen LogP contribution in [0.25, 0.3) is 0 Å². The number of amides is 2. The van der Waals surface area contributed by atoms with Gasteiger partial charge in [-0.15, -0.1) is 11.3 Å². The van der Waals surface area contributed by atoms with Gasteiger partial charge in [-0.3, -0.25) is 14.9 Å². The lowest BCUT2D eigenvalue weighted by Crippen LogP contribution is -2.45. The molecular formula is C15H21NO2S. The van der Waals surface area contributed by atoms with Crippen LogP contribution in [-0.2, 0) is 9.59 Å². The van der Waals surface area contributed by atoms with E-state index in [2.05, 4.69) is 39.1 Å². The molecule has 0 aromatic carbocycles. The Morgan fingerprint density at radius 2 is 2.05 bits per heavy atom. The molecule has 19 heavy (non-hydrogen) atoms. The number of piperidine rings is 1. The third-order valence-electron chi connectivity index (χ3n) is 3.69. The maximum absolute atomic E-state index is 12.1. The third kappa shape index (κ3) is 3.06. The molecule has 2 unspecified atom stereocenters. The summed E-state index contributed by atoms with van der Waals surface area (Å²) < 4.78 is 0. The van der Waals surface area contributed by atoms with E-state index in [0.29, 0.717) is 12.3 Å². The minimum absolute atomic E-state index is 0.0496. The second kappa shape index (κ2) is 5.45. The Balaban J connectivity index is 2.34. The van der Waals surface area contributed by atoms with Crippen molar-refractivity contribution in [2.24, 2.45) is 11.8 Å². The van der Waals surface area contributed by atoms with Crippen molar-refractivity contribution in [3.05, 3.63) is 21.4 Å². The lowest BCUT2D eigenvalue weighted by Gasteiger charge is -2.31. The molecular weight excluding hydrogens is 258 g/mol. The Morgan fingerprint density at radius 3 is 2.58 bits per heavy atom. The molecule has 2 heterocycles. The number of nitrogens with one attached hydrogen (secondary N) is 1. The summed E-state index contributed by atoms with van der Waals surface area (Å²) in [5.41, 5.74) is 1.19. The molecule has 0 spiro atoms. The van der Waals surface area contributed by atoms with Crippen molar-refractivity contribution in [2.45, 2.75) is 46.5 Å². The smallest absolute Gasteiger partial charge is 0.230 e. The normalized spacial score (nSPS) is 23.8. The molecule has 0 bridgehead atoms. The maximum atomic E-state index is 12.1. The van der Waals surface area contributed by atoms with Crippen LogP contribution in [0.15, 0.2) is 6.07 Å². The van der Waals surface area contributed by atoms with Gasteiger partial charge in [0.1, 0.15) is 0 Å². The molecule has 2 rings (SSSR count). The highest BCUT2D eigenvalue weighted by Crippen LogP contribution is 2.39. The zero-order chi connectivity index (χ0) is 14.2. The van der Waals surface area contributed by atoms with Crippen LogP contribution in [0.2, 0.25) is 0 Å². The van der Waals surface area contributed by atoms with Crippen LogP contribution in [0, 0.1) is 25.7 Å². The molecule has 4 heteroatoms. The van der Waals surface area contributed by atoms with Crippen LogP contribution in [0.1, 0.15) is 47.9 Å². The van der Waals surface area contributed by atoms with Gasteiger partial charge in [0.2, 0.25) is 11.8 Å². The van der Waals surface area contributed by atoms with E-state index in [0.717, 1.165) is 6.42 Å². The highest BCUT2D eigenvalue weighted by Gasteiger charge is 2.37. The summed E-state index contributed by atoms with van der Waals surface area (Å²) in [5, 5.41) is 2.49. The Hall–Kier alpha value is -1.16. The molecule has 1 fully saturated rings. The second-order valence-corrected chi connectivity index (χ2v) is 7.29. The molecule has 1 saturated heterocycles. The van der Waals surface area contributed by atoms with Gasteiger partial charge >= 0.3 is 0 Å². The first-order valence-corrected chi connectivity index (χ1v) is 7.60. The standard InChI is InChI=1S/C15H21NO2S/c1-8(2)5-13-12(7-14(17)16-15(13)18)11-6-9(3)19-10(11)4/h6,8,12-13H,5,7H2,1-4H3,(H,16,17,18). The minimum Gasteiger partial charge on any atom is -0.296 e. The Morgan fingerprint density at radius 1 is 1.37 bits per heavy atom. The number of thiophene rings is 1. The van der Waals surface area contributed by atoms with Crippen LogP contribution < -0.4 is 5.32 Å². The predicted molar refractivity (Wildman–Crippen MR) is 77.2 cm³/mol. The highest BCUT2D eigenvalue weighted by atomic mass is 32.1. The van der Waals surface area contributed by atoms with E-state index in [9.17, 15) is 9.59 Å². The zero-order valence-electron chi connectivity index (χ0n) is 11.9. The molecule has 1 aliphatic heterocycles. The summed E-state index contributed by atoms with van der Waals surface area (Å²) in [5.74, 6) is 0.182. The van der Waals surface area contributed by atoms with E-state index in [-0.39, 0.29) is 23.7 Å². The van der Waals surface area contributed by atoms with Crippen molar-refractivity contribution < 1.29 is 9.59 Å². The summed E-state index contributed by atoms with van der Waals surface area (Å²) >= 11 is 1.74. The fourth-order valence-corrected chi connectivity index (χ4v) is 3.93. The van der Waals surface area contributed by atoms with Gasteiger partial charge in [0.05, 0.1) is 0 Å². The van der Waals surface area contributed by atoms with Crippen LogP contribution in [0.4, 0.5) is 0 Å². The molecule has 0 saturated carbocycles. The van der Waals surface area contributed by atoms with Gasteiger partial charge in [0.25, 0.3) is 0 Å². The zero-order valence-corrected chi connectivity index (χ0v) is 12.8. The highest BCUT2D eigenvalue weighted by molar-refractivity contribution is 7.12. The van der Waals surface area contributed by atoms with Crippen molar-refractivity contribution in [1.29, 1.82) is 0 Å². The largest absolute Gasteiger partial charge is 0.296 e. The molecule has 2 amide bonds. The number of hydrogen-bond donors (Lipinski definition) is 1. The van der Waals surface area contributed by atoms with E-state index in [1.807, 2.05) is 0 Å². The third-order valence-corrected chi connectivity index (χ3v) is 4.68. The van der Waals surface area contributed by atoms with Gasteiger partial charge in [-0.2, -0.15) is 0 Å². The van der Waals surface area contributed by atoms with Crippen molar-refractivity contribution in [3.8, 4) is 0 Å². The maximum Gasteiger partial charge on any atom is 0.230 e. The Labute approximate surface area is 118 Å². The van der Waals surface area contributed by atoms with Crippen LogP contribution in [0.3, 0.4) is 0 Å². The quantitative estimate of drug-likeness (QED) is 0.864. The van der Waals surface area contributed by atoms with Crippen LogP contribution in [0.5, 0.6) is 0 Å². The molecule has 2 atom stereocenters. The summed E-state index contributed by atoms with van der Waals surface area (Å²) in [4.78, 5) is 26.3. The molecule has 0 radical (unpaired) electrons. The molecule has 1 aromatic heterocycles. The fourth-order valence-electron chi connectivity index (χ4n) is 2.93. The second-order valence-electron chi connectivity index (χ2n) is 5.83. The number of carbonyl (C=O) groups excluding carboxylic acids is 2. The summed E-state index contributed by atoms with van der Waals surface area (Å²) in [6, 6.07) is 2.14. The summed E-state index contributed by atoms with van der Waals surface area (Å²) in [6.07, 6.45) is 1.26. The molecule has 1 aliphatic rings. The van der Waals surface area contributed by atoms with Gasteiger partial charge in [0.15, 0.2) is 0 Å². The molecule has 104 valence electrons. The van der Waals surface area contributed by atoms with E-state index in [4.69, 9.17) is 0 Å². The average molecular weight is 279 g/mol. The Kier molecular flexibility index (Phi) is 4.09. The van der Waals surface area contributed by atoms with E-state index in [1.54, 1.807) is 11.3 Å². The monoisotopic (exact) mass is 279 g/mol. The van der Waals surface area contributed by atoms with Gasteiger partial charge in [-0.25, -0.2) is 0 Å². The van der Waals surface area contributed by atoms with Gasteiger partial charge in [-0.05, 0) is 37.8 Å². The van der Waals surface area contributed by atoms with Crippen LogP contribution >= 0.6 is 11.3 Å². The molecule has 1 aromatic rings. The number of imide groups is 1. The first-order chi connectivity index (χ1) is 8.88. The van der Waals surface area contributed by atoms with E-state index < -0.39 is 0 Å². The minimum atomic E-state index is -0.141. The fraction of sp³-hybridized carbons (Fsp3) is 0.600. The van der Waals surface area contributed by atoms with Gasteiger partial charge < -0.3 is 0 Å². The van der Waals surface area contributed by atoms with Crippen molar-refractivity contribution in [1.82, 2.24) is 5.32 Å². The van der Waals surface area contributed by atoms with Crippen molar-refractivity contribution in [2.75, 3.05) is 0 Å². The number of carbonyl (C=O) groups is 2. The lowest BCUT2D eigenvalue weighted by atomic mass is 9.76. The number of rotatable bonds is 3. The van der Waals surface area contributed by atoms with Crippen molar-refractivity contribution >= 4 is 23.2 Å². The number of hydrogen-bond acceptors (Lipinski definition) is 3. The van der Waals surface area contributed by atoms with E-state index in [1.165, 1.54) is 15.3 Å². The van der Waals surface area contributed by atoms with Gasteiger partial charge in [-0.1, -0.05) is 13.8 Å². The first kappa shape index (κ1) is 14.3. The SMILES string of the molecule is Cc1cc(C2CC(=O)NC(=O)C2CC(C)C)c(C)s1. The summed E-state index contributed by atoms with van der Waals surface area (Å²) in [6.45, 7) is 8.39. The number of aryl methyl sites for hydroxylation is 2.